The average molecular weight is 337 g/mol. The summed E-state index contributed by atoms with van der Waals surface area (Å²) in [5, 5.41) is 8.42. The molecule has 0 aliphatic rings. The van der Waals surface area contributed by atoms with Crippen molar-refractivity contribution in [3.8, 4) is 0 Å². The first-order chi connectivity index (χ1) is 6.91. The zero-order valence-corrected chi connectivity index (χ0v) is 12.5. The van der Waals surface area contributed by atoms with Gasteiger partial charge in [0, 0.05) is 0 Å². The van der Waals surface area contributed by atoms with Gasteiger partial charge in [0.1, 0.15) is 0 Å². The number of rotatable bonds is 8. The molecule has 0 unspecified atom stereocenters. The van der Waals surface area contributed by atoms with E-state index < -0.39 is 35.2 Å². The van der Waals surface area contributed by atoms with Crippen LogP contribution in [0.2, 0.25) is 10.5 Å². The monoisotopic (exact) mass is 340 g/mol. The number of hydrogen-bond donors (Lipinski definition) is 1. The molecule has 0 heterocycles. The summed E-state index contributed by atoms with van der Waals surface area (Å²) >= 11 is -6.16. The van der Waals surface area contributed by atoms with Crippen LogP contribution in [0.5, 0.6) is 0 Å². The van der Waals surface area contributed by atoms with Gasteiger partial charge in [0.05, 0.1) is 0 Å². The van der Waals surface area contributed by atoms with E-state index in [0.29, 0.717) is 0 Å². The Balaban J connectivity index is 3.71. The number of carboxylic acids is 1. The van der Waals surface area contributed by atoms with Gasteiger partial charge in [0.2, 0.25) is 0 Å². The molecule has 0 spiro atoms. The molecule has 0 radical (unpaired) electrons. The second-order valence-electron chi connectivity index (χ2n) is 2.94. The SMILES string of the molecule is CC(=O)C[CH2][Ge](=[O])[O][Ge](=[O])[CH2]CC(=O)O. The normalized spacial score (nSPS) is 9.40. The predicted molar refractivity (Wildman–Crippen MR) is 51.1 cm³/mol. The van der Waals surface area contributed by atoms with Crippen molar-refractivity contribution in [3.63, 3.8) is 0 Å². The Morgan fingerprint density at radius 1 is 1.13 bits per heavy atom. The molecular formula is C7H12Ge2O6. The third kappa shape index (κ3) is 9.92. The minimum atomic E-state index is -3.12. The Morgan fingerprint density at radius 2 is 1.60 bits per heavy atom. The molecule has 0 bridgehead atoms. The van der Waals surface area contributed by atoms with Crippen molar-refractivity contribution in [1.29, 1.82) is 0 Å². The van der Waals surface area contributed by atoms with Crippen LogP contribution in [-0.4, -0.2) is 46.1 Å². The molecule has 8 heteroatoms. The predicted octanol–water partition coefficient (Wildman–Crippen LogP) is 0.294. The van der Waals surface area contributed by atoms with Crippen LogP contribution in [0, 0.1) is 0 Å². The summed E-state index contributed by atoms with van der Waals surface area (Å²) in [5.41, 5.74) is 0. The van der Waals surface area contributed by atoms with Gasteiger partial charge in [-0.3, -0.25) is 0 Å². The molecule has 0 amide bonds. The van der Waals surface area contributed by atoms with E-state index in [4.69, 9.17) is 7.90 Å². The summed E-state index contributed by atoms with van der Waals surface area (Å²) < 4.78 is 27.1. The standard InChI is InChI=1S/C7H12Ge2O6/c1-6(10)2-4-8(13)15-9(14)5-3-7(11)12/h2-5H2,1H3,(H,11,12). The first-order valence-corrected chi connectivity index (χ1v) is 10.8. The molecule has 0 saturated carbocycles. The Labute approximate surface area is 96.3 Å². The van der Waals surface area contributed by atoms with Gasteiger partial charge in [0.25, 0.3) is 0 Å². The summed E-state index contributed by atoms with van der Waals surface area (Å²) in [6.45, 7) is 1.38. The molecule has 84 valence electrons. The molecule has 0 aliphatic heterocycles. The second kappa shape index (κ2) is 7.86. The first kappa shape index (κ1) is 14.6. The van der Waals surface area contributed by atoms with Gasteiger partial charge in [-0.1, -0.05) is 0 Å². The van der Waals surface area contributed by atoms with Crippen molar-refractivity contribution in [1.82, 2.24) is 0 Å². The molecule has 0 aromatic heterocycles. The van der Waals surface area contributed by atoms with Crippen molar-refractivity contribution in [2.24, 2.45) is 0 Å². The molecule has 6 nitrogen and oxygen atoms in total. The summed E-state index contributed by atoms with van der Waals surface area (Å²) in [7, 11) is 0. The van der Waals surface area contributed by atoms with E-state index in [0.717, 1.165) is 0 Å². The second-order valence-corrected chi connectivity index (χ2v) is 10.8. The fourth-order valence-electron chi connectivity index (χ4n) is 0.716. The van der Waals surface area contributed by atoms with Crippen LogP contribution in [0.15, 0.2) is 0 Å². The molecule has 1 N–H and O–H groups in total. The number of aliphatic carboxylic acids is 1. The van der Waals surface area contributed by atoms with Crippen LogP contribution in [0.25, 0.3) is 0 Å². The quantitative estimate of drug-likeness (QED) is 0.640. The Morgan fingerprint density at radius 3 is 2.00 bits per heavy atom. The maximum absolute atomic E-state index is 11.2. The molecule has 0 aliphatic carbocycles. The van der Waals surface area contributed by atoms with E-state index >= 15 is 0 Å². The van der Waals surface area contributed by atoms with Gasteiger partial charge in [-0.05, 0) is 0 Å². The molecule has 15 heavy (non-hydrogen) atoms. The van der Waals surface area contributed by atoms with Gasteiger partial charge in [-0.2, -0.15) is 0 Å². The fraction of sp³-hybridized carbons (Fsp3) is 0.714. The fourth-order valence-corrected chi connectivity index (χ4v) is 8.71. The third-order valence-corrected chi connectivity index (χ3v) is 10.1. The van der Waals surface area contributed by atoms with Gasteiger partial charge in [-0.15, -0.1) is 0 Å². The van der Waals surface area contributed by atoms with E-state index in [1.54, 1.807) is 0 Å². The van der Waals surface area contributed by atoms with Crippen LogP contribution < -0.4 is 0 Å². The summed E-state index contributed by atoms with van der Waals surface area (Å²) in [4.78, 5) is 20.7. The van der Waals surface area contributed by atoms with Gasteiger partial charge in [0.15, 0.2) is 0 Å². The van der Waals surface area contributed by atoms with Crippen LogP contribution in [0.4, 0.5) is 0 Å². The van der Waals surface area contributed by atoms with Crippen molar-refractivity contribution in [2.45, 2.75) is 30.3 Å². The number of carbonyl (C=O) groups is 2. The first-order valence-electron chi connectivity index (χ1n) is 4.36. The molecule has 0 saturated heterocycles. The molecule has 0 rings (SSSR count). The minimum absolute atomic E-state index is 0.0336. The van der Waals surface area contributed by atoms with E-state index in [-0.39, 0.29) is 29.1 Å². The Bertz CT molecular complexity index is 259. The summed E-state index contributed by atoms with van der Waals surface area (Å²) in [6.07, 6.45) is -0.0551. The molecule has 0 aromatic rings. The van der Waals surface area contributed by atoms with E-state index in [9.17, 15) is 17.1 Å². The molecule has 0 fully saturated rings. The molecular weight excluding hydrogens is 325 g/mol. The Hall–Kier alpha value is -0.374. The number of carbonyl (C=O) groups excluding carboxylic acids is 1. The van der Waals surface area contributed by atoms with Crippen LogP contribution in [-0.2, 0) is 19.9 Å². The summed E-state index contributed by atoms with van der Waals surface area (Å²) in [6, 6.07) is 0. The number of hydrogen-bond acceptors (Lipinski definition) is 5. The summed E-state index contributed by atoms with van der Waals surface area (Å²) in [5.74, 6) is -1.13. The molecule has 0 atom stereocenters. The maximum atomic E-state index is 11.2. The third-order valence-electron chi connectivity index (χ3n) is 1.45. The number of carboxylic acid groups (broad SMARTS) is 1. The molecule has 0 aromatic carbocycles. The van der Waals surface area contributed by atoms with Crippen LogP contribution >= 0.6 is 0 Å². The topological polar surface area (TPSA) is 97.7 Å². The van der Waals surface area contributed by atoms with Crippen LogP contribution in [0.1, 0.15) is 19.8 Å². The number of ketones is 1. The van der Waals surface area contributed by atoms with Crippen molar-refractivity contribution in [3.05, 3.63) is 0 Å². The van der Waals surface area contributed by atoms with Crippen molar-refractivity contribution < 1.29 is 25.0 Å². The zero-order valence-electron chi connectivity index (χ0n) is 8.32. The van der Waals surface area contributed by atoms with Gasteiger partial charge in [-0.25, -0.2) is 0 Å². The van der Waals surface area contributed by atoms with Gasteiger partial charge >= 0.3 is 96.3 Å². The van der Waals surface area contributed by atoms with Crippen molar-refractivity contribution in [2.75, 3.05) is 0 Å². The van der Waals surface area contributed by atoms with Crippen LogP contribution in [0.3, 0.4) is 0 Å². The Kier molecular flexibility index (Phi) is 7.66. The van der Waals surface area contributed by atoms with Crippen molar-refractivity contribution >= 4 is 41.0 Å². The zero-order chi connectivity index (χ0) is 11.8. The average Bonchev–Trinajstić information content (AvgIpc) is 2.11. The van der Waals surface area contributed by atoms with E-state index in [2.05, 4.69) is 0 Å². The number of Topliss-reactive ketones (excluding diaryl/α,β-unsaturated/α-hetero) is 1. The van der Waals surface area contributed by atoms with E-state index in [1.165, 1.54) is 6.92 Å². The van der Waals surface area contributed by atoms with Gasteiger partial charge < -0.3 is 0 Å². The van der Waals surface area contributed by atoms with E-state index in [1.807, 2.05) is 0 Å².